The Labute approximate surface area is 61.0 Å². The monoisotopic (exact) mass is 145 g/mol. The minimum atomic E-state index is -0.833. The van der Waals surface area contributed by atoms with Gasteiger partial charge < -0.3 is 16.8 Å². The van der Waals surface area contributed by atoms with E-state index >= 15 is 0 Å². The summed E-state index contributed by atoms with van der Waals surface area (Å²) in [6, 6.07) is -0.833. The van der Waals surface area contributed by atoms with Gasteiger partial charge in [-0.25, -0.2) is 4.79 Å². The van der Waals surface area contributed by atoms with Crippen molar-refractivity contribution in [3.8, 4) is 0 Å². The Balaban J connectivity index is 0.000000180. The Bertz CT molecular complexity index is 75.5. The number of nitrogens with one attached hydrogen (secondary N) is 1. The molecular formula is C6H15N3O. The number of hydrogen-bond donors (Lipinski definition) is 3. The molecule has 0 aliphatic carbocycles. The maximum atomic E-state index is 9.00. The normalized spacial score (nSPS) is 16.8. The van der Waals surface area contributed by atoms with Crippen LogP contribution in [0.3, 0.4) is 0 Å². The summed E-state index contributed by atoms with van der Waals surface area (Å²) in [6.07, 6.45) is 4.22. The molecule has 0 unspecified atom stereocenters. The van der Waals surface area contributed by atoms with Crippen LogP contribution in [-0.2, 0) is 0 Å². The van der Waals surface area contributed by atoms with Gasteiger partial charge in [0.25, 0.3) is 0 Å². The van der Waals surface area contributed by atoms with E-state index in [4.69, 9.17) is 4.79 Å². The van der Waals surface area contributed by atoms with Gasteiger partial charge in [-0.3, -0.25) is 0 Å². The summed E-state index contributed by atoms with van der Waals surface area (Å²) in [4.78, 5) is 9.00. The summed E-state index contributed by atoms with van der Waals surface area (Å²) in [5.41, 5.74) is 8.50. The first-order valence-electron chi connectivity index (χ1n) is 3.49. The molecule has 60 valence electrons. The molecule has 1 aliphatic rings. The topological polar surface area (TPSA) is 81.1 Å². The molecule has 2 amide bonds. The van der Waals surface area contributed by atoms with E-state index in [1.807, 2.05) is 0 Å². The molecule has 10 heavy (non-hydrogen) atoms. The summed E-state index contributed by atoms with van der Waals surface area (Å²) >= 11 is 0. The molecule has 1 fully saturated rings. The first kappa shape index (κ1) is 9.23. The molecule has 0 bridgehead atoms. The van der Waals surface area contributed by atoms with Gasteiger partial charge >= 0.3 is 6.03 Å². The van der Waals surface area contributed by atoms with E-state index in [0.29, 0.717) is 0 Å². The third kappa shape index (κ3) is 10.3. The Hall–Kier alpha value is -0.770. The number of piperidine rings is 1. The van der Waals surface area contributed by atoms with Crippen LogP contribution in [0.4, 0.5) is 4.79 Å². The van der Waals surface area contributed by atoms with Crippen molar-refractivity contribution in [3.05, 3.63) is 0 Å². The summed E-state index contributed by atoms with van der Waals surface area (Å²) in [7, 11) is 0. The Morgan fingerprint density at radius 1 is 1.10 bits per heavy atom. The van der Waals surface area contributed by atoms with Crippen molar-refractivity contribution in [2.75, 3.05) is 13.1 Å². The molecule has 0 saturated carbocycles. The number of primary amides is 2. The summed E-state index contributed by atoms with van der Waals surface area (Å²) in [6.45, 7) is 2.50. The molecule has 0 aromatic carbocycles. The average Bonchev–Trinajstić information content (AvgIpc) is 1.90. The van der Waals surface area contributed by atoms with Crippen molar-refractivity contribution in [3.63, 3.8) is 0 Å². The van der Waals surface area contributed by atoms with Gasteiger partial charge in [0.2, 0.25) is 0 Å². The van der Waals surface area contributed by atoms with Crippen LogP contribution >= 0.6 is 0 Å². The zero-order chi connectivity index (χ0) is 7.82. The van der Waals surface area contributed by atoms with E-state index < -0.39 is 6.03 Å². The number of carbonyl (C=O) groups excluding carboxylic acids is 1. The van der Waals surface area contributed by atoms with Crippen molar-refractivity contribution >= 4 is 6.03 Å². The van der Waals surface area contributed by atoms with Crippen molar-refractivity contribution in [2.24, 2.45) is 11.5 Å². The zero-order valence-electron chi connectivity index (χ0n) is 6.10. The lowest BCUT2D eigenvalue weighted by atomic mass is 10.2. The molecule has 0 aromatic heterocycles. The van der Waals surface area contributed by atoms with Crippen LogP contribution in [0.2, 0.25) is 0 Å². The molecule has 4 nitrogen and oxygen atoms in total. The highest BCUT2D eigenvalue weighted by atomic mass is 16.2. The molecule has 1 aliphatic heterocycles. The lowest BCUT2D eigenvalue weighted by molar-refractivity contribution is 0.256. The zero-order valence-corrected chi connectivity index (χ0v) is 6.10. The van der Waals surface area contributed by atoms with E-state index in [0.717, 1.165) is 0 Å². The molecule has 0 radical (unpaired) electrons. The molecule has 5 N–H and O–H groups in total. The van der Waals surface area contributed by atoms with E-state index in [9.17, 15) is 0 Å². The third-order valence-corrected chi connectivity index (χ3v) is 1.21. The van der Waals surface area contributed by atoms with Crippen LogP contribution in [0.15, 0.2) is 0 Å². The largest absolute Gasteiger partial charge is 0.352 e. The fourth-order valence-electron chi connectivity index (χ4n) is 0.802. The van der Waals surface area contributed by atoms with E-state index in [-0.39, 0.29) is 0 Å². The van der Waals surface area contributed by atoms with Gasteiger partial charge in [-0.2, -0.15) is 0 Å². The van der Waals surface area contributed by atoms with Crippen molar-refractivity contribution in [2.45, 2.75) is 19.3 Å². The maximum absolute atomic E-state index is 9.00. The van der Waals surface area contributed by atoms with Gasteiger partial charge in [-0.1, -0.05) is 6.42 Å². The first-order valence-corrected chi connectivity index (χ1v) is 3.49. The van der Waals surface area contributed by atoms with E-state index in [1.54, 1.807) is 0 Å². The van der Waals surface area contributed by atoms with E-state index in [1.165, 1.54) is 32.4 Å². The number of urea groups is 1. The van der Waals surface area contributed by atoms with Gasteiger partial charge in [-0.15, -0.1) is 0 Å². The summed E-state index contributed by atoms with van der Waals surface area (Å²) in [5.74, 6) is 0. The Morgan fingerprint density at radius 2 is 1.50 bits per heavy atom. The molecule has 0 aromatic rings. The van der Waals surface area contributed by atoms with Gasteiger partial charge in [0.15, 0.2) is 0 Å². The lowest BCUT2D eigenvalue weighted by Gasteiger charge is -2.08. The predicted molar refractivity (Wildman–Crippen MR) is 40.5 cm³/mol. The number of hydrogen-bond acceptors (Lipinski definition) is 2. The molecular weight excluding hydrogens is 130 g/mol. The first-order chi connectivity index (χ1) is 4.73. The number of carbonyl (C=O) groups is 1. The Kier molecular flexibility index (Phi) is 5.86. The van der Waals surface area contributed by atoms with Crippen molar-refractivity contribution < 1.29 is 4.79 Å². The fraction of sp³-hybridized carbons (Fsp3) is 0.833. The second kappa shape index (κ2) is 6.35. The number of amides is 2. The average molecular weight is 145 g/mol. The predicted octanol–water partition coefficient (Wildman–Crippen LogP) is -0.216. The van der Waals surface area contributed by atoms with Gasteiger partial charge in [0.05, 0.1) is 0 Å². The van der Waals surface area contributed by atoms with Crippen molar-refractivity contribution in [1.82, 2.24) is 5.32 Å². The van der Waals surface area contributed by atoms with Gasteiger partial charge in [-0.05, 0) is 25.9 Å². The Morgan fingerprint density at radius 3 is 1.60 bits per heavy atom. The van der Waals surface area contributed by atoms with Crippen LogP contribution < -0.4 is 16.8 Å². The maximum Gasteiger partial charge on any atom is 0.309 e. The molecule has 0 spiro atoms. The number of rotatable bonds is 0. The molecule has 1 rings (SSSR count). The highest BCUT2D eigenvalue weighted by molar-refractivity contribution is 5.69. The van der Waals surface area contributed by atoms with Gasteiger partial charge in [0.1, 0.15) is 0 Å². The molecule has 0 atom stereocenters. The highest BCUT2D eigenvalue weighted by Crippen LogP contribution is 1.96. The van der Waals surface area contributed by atoms with Crippen LogP contribution in [-0.4, -0.2) is 19.1 Å². The molecule has 1 saturated heterocycles. The minimum Gasteiger partial charge on any atom is -0.352 e. The summed E-state index contributed by atoms with van der Waals surface area (Å²) < 4.78 is 0. The molecule has 4 heteroatoms. The second-order valence-corrected chi connectivity index (χ2v) is 2.21. The third-order valence-electron chi connectivity index (χ3n) is 1.21. The van der Waals surface area contributed by atoms with Crippen LogP contribution in [0.1, 0.15) is 19.3 Å². The van der Waals surface area contributed by atoms with Crippen LogP contribution in [0, 0.1) is 0 Å². The number of nitrogens with two attached hydrogens (primary N) is 2. The quantitative estimate of drug-likeness (QED) is 0.440. The summed E-state index contributed by atoms with van der Waals surface area (Å²) in [5, 5.41) is 3.28. The van der Waals surface area contributed by atoms with E-state index in [2.05, 4.69) is 16.8 Å². The van der Waals surface area contributed by atoms with Gasteiger partial charge in [0, 0.05) is 0 Å². The fourth-order valence-corrected chi connectivity index (χ4v) is 0.802. The SMILES string of the molecule is C1CCNCC1.NC(N)=O. The second-order valence-electron chi connectivity index (χ2n) is 2.21. The van der Waals surface area contributed by atoms with Crippen molar-refractivity contribution in [1.29, 1.82) is 0 Å². The lowest BCUT2D eigenvalue weighted by Crippen LogP contribution is -2.21. The smallest absolute Gasteiger partial charge is 0.309 e. The van der Waals surface area contributed by atoms with Crippen LogP contribution in [0.25, 0.3) is 0 Å². The van der Waals surface area contributed by atoms with Crippen LogP contribution in [0.5, 0.6) is 0 Å². The standard InChI is InChI=1S/C5H11N.CH4N2O/c1-2-4-6-5-3-1;2-1(3)4/h6H,1-5H2;(H4,2,3,4). The molecule has 1 heterocycles. The minimum absolute atomic E-state index is 0.833. The highest BCUT2D eigenvalue weighted by Gasteiger charge is 1.93.